The fourth-order valence-corrected chi connectivity index (χ4v) is 5.97. The van der Waals surface area contributed by atoms with E-state index >= 15 is 0 Å². The van der Waals surface area contributed by atoms with Crippen LogP contribution in [0.3, 0.4) is 0 Å². The normalized spacial score (nSPS) is 18.7. The van der Waals surface area contributed by atoms with E-state index in [-0.39, 0.29) is 17.4 Å². The highest BCUT2D eigenvalue weighted by molar-refractivity contribution is 5.78. The van der Waals surface area contributed by atoms with Gasteiger partial charge in [-0.1, -0.05) is 91.0 Å². The van der Waals surface area contributed by atoms with Crippen LogP contribution in [0, 0.1) is 0 Å². The summed E-state index contributed by atoms with van der Waals surface area (Å²) in [5.74, 6) is 0.193. The number of piperidine rings is 1. The lowest BCUT2D eigenvalue weighted by Gasteiger charge is -2.46. The first-order chi connectivity index (χ1) is 18.1. The van der Waals surface area contributed by atoms with Crippen LogP contribution in [-0.2, 0) is 10.2 Å². The molecule has 2 aliphatic rings. The van der Waals surface area contributed by atoms with Crippen molar-refractivity contribution >= 4 is 5.91 Å². The summed E-state index contributed by atoms with van der Waals surface area (Å²) in [6.45, 7) is 7.54. The molecule has 3 aromatic carbocycles. The number of nitrogens with one attached hydrogen (secondary N) is 1. The van der Waals surface area contributed by atoms with Crippen molar-refractivity contribution in [2.45, 2.75) is 24.3 Å². The molecule has 1 N–H and O–H groups in total. The number of nitrogens with zero attached hydrogens (tertiary/aromatic N) is 3. The van der Waals surface area contributed by atoms with Gasteiger partial charge in [0, 0.05) is 51.2 Å². The van der Waals surface area contributed by atoms with Gasteiger partial charge in [-0.3, -0.25) is 15.0 Å². The van der Waals surface area contributed by atoms with Gasteiger partial charge in [-0.25, -0.2) is 0 Å². The van der Waals surface area contributed by atoms with Gasteiger partial charge in [0.25, 0.3) is 0 Å². The number of carbonyl (C=O) groups is 1. The zero-order valence-corrected chi connectivity index (χ0v) is 22.1. The molecule has 194 valence electrons. The molecule has 37 heavy (non-hydrogen) atoms. The minimum absolute atomic E-state index is 0.00298. The summed E-state index contributed by atoms with van der Waals surface area (Å²) in [6.07, 6.45) is 2.02. The van der Waals surface area contributed by atoms with Crippen LogP contribution in [-0.4, -0.2) is 80.0 Å². The van der Waals surface area contributed by atoms with E-state index in [2.05, 4.69) is 106 Å². The van der Waals surface area contributed by atoms with Gasteiger partial charge in [-0.2, -0.15) is 0 Å². The van der Waals surface area contributed by atoms with Gasteiger partial charge in [0.1, 0.15) is 0 Å². The Hall–Kier alpha value is -2.99. The monoisotopic (exact) mass is 496 g/mol. The Morgan fingerprint density at radius 3 is 1.81 bits per heavy atom. The van der Waals surface area contributed by atoms with Gasteiger partial charge in [0.05, 0.1) is 12.6 Å². The van der Waals surface area contributed by atoms with Gasteiger partial charge < -0.3 is 9.80 Å². The molecule has 0 radical (unpaired) electrons. The second-order valence-electron chi connectivity index (χ2n) is 10.7. The number of hydrogen-bond donors (Lipinski definition) is 1. The Morgan fingerprint density at radius 2 is 1.27 bits per heavy atom. The lowest BCUT2D eigenvalue weighted by molar-refractivity contribution is -0.132. The van der Waals surface area contributed by atoms with E-state index in [1.165, 1.54) is 16.7 Å². The number of piperazine rings is 1. The number of carbonyl (C=O) groups excluding carboxylic acids is 1. The Balaban J connectivity index is 1.24. The highest BCUT2D eigenvalue weighted by Gasteiger charge is 2.39. The van der Waals surface area contributed by atoms with Crippen molar-refractivity contribution in [3.05, 3.63) is 108 Å². The summed E-state index contributed by atoms with van der Waals surface area (Å²) in [5, 5.41) is 3.57. The molecule has 5 heteroatoms. The van der Waals surface area contributed by atoms with Gasteiger partial charge in [0.15, 0.2) is 0 Å². The van der Waals surface area contributed by atoms with Crippen molar-refractivity contribution < 1.29 is 4.79 Å². The molecule has 5 rings (SSSR count). The lowest BCUT2D eigenvalue weighted by Crippen LogP contribution is -2.54. The van der Waals surface area contributed by atoms with Crippen LogP contribution in [0.1, 0.15) is 35.6 Å². The SMILES string of the molecule is CN1CCN(CC2(c3ccccc3)CCN(C(=O)CNC(c3ccccc3)c3ccccc3)CC2)CC1. The fourth-order valence-electron chi connectivity index (χ4n) is 5.97. The van der Waals surface area contributed by atoms with E-state index < -0.39 is 0 Å². The first-order valence-electron chi connectivity index (χ1n) is 13.7. The van der Waals surface area contributed by atoms with E-state index in [1.807, 2.05) is 12.1 Å². The summed E-state index contributed by atoms with van der Waals surface area (Å²) < 4.78 is 0. The third-order valence-electron chi connectivity index (χ3n) is 8.30. The molecular formula is C32H40N4O. The lowest BCUT2D eigenvalue weighted by atomic mass is 9.72. The third-order valence-corrected chi connectivity index (χ3v) is 8.30. The molecule has 0 bridgehead atoms. The summed E-state index contributed by atoms with van der Waals surface area (Å²) in [4.78, 5) is 20.5. The zero-order chi connectivity index (χ0) is 25.5. The number of likely N-dealkylation sites (N-methyl/N-ethyl adjacent to an activating group) is 1. The van der Waals surface area contributed by atoms with Crippen LogP contribution in [0.25, 0.3) is 0 Å². The second kappa shape index (κ2) is 12.0. The predicted octanol–water partition coefficient (Wildman–Crippen LogP) is 4.17. The molecule has 5 nitrogen and oxygen atoms in total. The van der Waals surface area contributed by atoms with Crippen molar-refractivity contribution in [1.82, 2.24) is 20.0 Å². The molecule has 3 aromatic rings. The van der Waals surface area contributed by atoms with Gasteiger partial charge in [0.2, 0.25) is 5.91 Å². The topological polar surface area (TPSA) is 38.8 Å². The molecule has 0 atom stereocenters. The Morgan fingerprint density at radius 1 is 0.757 bits per heavy atom. The van der Waals surface area contributed by atoms with Crippen molar-refractivity contribution in [3.63, 3.8) is 0 Å². The van der Waals surface area contributed by atoms with Crippen LogP contribution < -0.4 is 5.32 Å². The van der Waals surface area contributed by atoms with Crippen LogP contribution in [0.4, 0.5) is 0 Å². The maximum atomic E-state index is 13.4. The van der Waals surface area contributed by atoms with Crippen molar-refractivity contribution in [2.75, 3.05) is 59.4 Å². The maximum Gasteiger partial charge on any atom is 0.236 e. The quantitative estimate of drug-likeness (QED) is 0.508. The Bertz CT molecular complexity index is 1070. The number of amides is 1. The summed E-state index contributed by atoms with van der Waals surface area (Å²) in [5.41, 5.74) is 3.89. The van der Waals surface area contributed by atoms with E-state index in [0.29, 0.717) is 6.54 Å². The summed E-state index contributed by atoms with van der Waals surface area (Å²) in [7, 11) is 2.21. The average Bonchev–Trinajstić information content (AvgIpc) is 2.96. The maximum absolute atomic E-state index is 13.4. The Labute approximate surface area is 222 Å². The predicted molar refractivity (Wildman–Crippen MR) is 151 cm³/mol. The molecule has 0 unspecified atom stereocenters. The van der Waals surface area contributed by atoms with Crippen LogP contribution >= 0.6 is 0 Å². The van der Waals surface area contributed by atoms with Crippen molar-refractivity contribution in [1.29, 1.82) is 0 Å². The van der Waals surface area contributed by atoms with E-state index in [9.17, 15) is 4.79 Å². The standard InChI is InChI=1S/C32H40N4O/c1-34-21-23-35(24-22-34)26-32(29-15-9-4-10-16-29)17-19-36(20-18-32)30(37)25-33-31(27-11-5-2-6-12-27)28-13-7-3-8-14-28/h2-16,31,33H,17-26H2,1H3. The number of benzene rings is 3. The molecule has 0 aromatic heterocycles. The smallest absolute Gasteiger partial charge is 0.236 e. The minimum Gasteiger partial charge on any atom is -0.342 e. The molecule has 2 fully saturated rings. The average molecular weight is 497 g/mol. The molecule has 1 amide bonds. The second-order valence-corrected chi connectivity index (χ2v) is 10.7. The molecule has 0 saturated carbocycles. The number of hydrogen-bond acceptors (Lipinski definition) is 4. The van der Waals surface area contributed by atoms with Crippen molar-refractivity contribution in [2.24, 2.45) is 0 Å². The van der Waals surface area contributed by atoms with Gasteiger partial charge >= 0.3 is 0 Å². The summed E-state index contributed by atoms with van der Waals surface area (Å²) >= 11 is 0. The molecule has 2 aliphatic heterocycles. The fraction of sp³-hybridized carbons (Fsp3) is 0.406. The highest BCUT2D eigenvalue weighted by Crippen LogP contribution is 2.37. The van der Waals surface area contributed by atoms with Crippen LogP contribution in [0.5, 0.6) is 0 Å². The van der Waals surface area contributed by atoms with Crippen LogP contribution in [0.15, 0.2) is 91.0 Å². The number of rotatable bonds is 8. The van der Waals surface area contributed by atoms with Gasteiger partial charge in [-0.05, 0) is 36.6 Å². The number of likely N-dealkylation sites (tertiary alicyclic amines) is 1. The minimum atomic E-state index is -0.00298. The molecule has 2 heterocycles. The van der Waals surface area contributed by atoms with E-state index in [1.54, 1.807) is 0 Å². The first kappa shape index (κ1) is 25.7. The van der Waals surface area contributed by atoms with Gasteiger partial charge in [-0.15, -0.1) is 0 Å². The Kier molecular flexibility index (Phi) is 8.34. The van der Waals surface area contributed by atoms with E-state index in [0.717, 1.165) is 58.7 Å². The first-order valence-corrected chi connectivity index (χ1v) is 13.7. The third kappa shape index (κ3) is 6.30. The molecule has 0 spiro atoms. The molecule has 2 saturated heterocycles. The molecule has 0 aliphatic carbocycles. The summed E-state index contributed by atoms with van der Waals surface area (Å²) in [6, 6.07) is 31.8. The zero-order valence-electron chi connectivity index (χ0n) is 22.1. The largest absolute Gasteiger partial charge is 0.342 e. The van der Waals surface area contributed by atoms with E-state index in [4.69, 9.17) is 0 Å². The van der Waals surface area contributed by atoms with Crippen molar-refractivity contribution in [3.8, 4) is 0 Å². The highest BCUT2D eigenvalue weighted by atomic mass is 16.2. The molecular weight excluding hydrogens is 456 g/mol. The van der Waals surface area contributed by atoms with Crippen LogP contribution in [0.2, 0.25) is 0 Å².